The van der Waals surface area contributed by atoms with Crippen LogP contribution in [0.3, 0.4) is 0 Å². The molecular weight excluding hydrogens is 382 g/mol. The standard InChI is InChI=1S/C23H27N3O4/c1-16-6-4-5-7-19(16)23(28)26-12-10-18(11-13-26)22(27)25-24-15-17-8-9-20(29-2)21(14-17)30-3/h4-9,14-15,18H,10-13H2,1-3H3,(H,25,27)/b24-15-. The second-order valence-corrected chi connectivity index (χ2v) is 7.23. The van der Waals surface area contributed by atoms with Crippen molar-refractivity contribution in [2.24, 2.45) is 11.0 Å². The first kappa shape index (κ1) is 21.4. The number of methoxy groups -OCH3 is 2. The number of ether oxygens (including phenoxy) is 2. The van der Waals surface area contributed by atoms with Gasteiger partial charge in [0.05, 0.1) is 20.4 Å². The van der Waals surface area contributed by atoms with Crippen molar-refractivity contribution in [2.45, 2.75) is 19.8 Å². The Morgan fingerprint density at radius 1 is 1.07 bits per heavy atom. The summed E-state index contributed by atoms with van der Waals surface area (Å²) >= 11 is 0. The van der Waals surface area contributed by atoms with E-state index in [0.717, 1.165) is 16.7 Å². The lowest BCUT2D eigenvalue weighted by atomic mass is 9.95. The monoisotopic (exact) mass is 409 g/mol. The topological polar surface area (TPSA) is 80.2 Å². The quantitative estimate of drug-likeness (QED) is 0.588. The summed E-state index contributed by atoms with van der Waals surface area (Å²) in [5.41, 5.74) is 5.08. The van der Waals surface area contributed by atoms with E-state index in [-0.39, 0.29) is 17.7 Å². The van der Waals surface area contributed by atoms with Crippen LogP contribution in [-0.4, -0.2) is 50.2 Å². The zero-order valence-corrected chi connectivity index (χ0v) is 17.6. The van der Waals surface area contributed by atoms with Crippen molar-refractivity contribution in [3.8, 4) is 11.5 Å². The lowest BCUT2D eigenvalue weighted by molar-refractivity contribution is -0.126. The molecule has 0 atom stereocenters. The molecule has 0 unspecified atom stereocenters. The van der Waals surface area contributed by atoms with Crippen molar-refractivity contribution in [3.63, 3.8) is 0 Å². The Labute approximate surface area is 176 Å². The Kier molecular flexibility index (Phi) is 7.06. The molecule has 0 aliphatic carbocycles. The summed E-state index contributed by atoms with van der Waals surface area (Å²) in [7, 11) is 3.14. The molecule has 0 radical (unpaired) electrons. The Morgan fingerprint density at radius 3 is 2.43 bits per heavy atom. The highest BCUT2D eigenvalue weighted by Crippen LogP contribution is 2.27. The minimum Gasteiger partial charge on any atom is -0.493 e. The molecule has 1 aliphatic heterocycles. The van der Waals surface area contributed by atoms with E-state index in [2.05, 4.69) is 10.5 Å². The molecule has 1 saturated heterocycles. The Balaban J connectivity index is 1.51. The van der Waals surface area contributed by atoms with E-state index >= 15 is 0 Å². The van der Waals surface area contributed by atoms with Gasteiger partial charge in [0, 0.05) is 24.6 Å². The van der Waals surface area contributed by atoms with Gasteiger partial charge in [-0.15, -0.1) is 0 Å². The Hall–Kier alpha value is -3.35. The van der Waals surface area contributed by atoms with Crippen LogP contribution >= 0.6 is 0 Å². The van der Waals surface area contributed by atoms with Crippen LogP contribution < -0.4 is 14.9 Å². The van der Waals surface area contributed by atoms with Gasteiger partial charge in [-0.05, 0) is 55.2 Å². The first-order valence-electron chi connectivity index (χ1n) is 9.93. The van der Waals surface area contributed by atoms with Gasteiger partial charge in [-0.3, -0.25) is 9.59 Å². The fourth-order valence-electron chi connectivity index (χ4n) is 3.52. The molecule has 7 nitrogen and oxygen atoms in total. The van der Waals surface area contributed by atoms with Crippen molar-refractivity contribution in [3.05, 3.63) is 59.2 Å². The number of carbonyl (C=O) groups is 2. The summed E-state index contributed by atoms with van der Waals surface area (Å²) in [5.74, 6) is 0.964. The highest BCUT2D eigenvalue weighted by molar-refractivity contribution is 5.95. The SMILES string of the molecule is COc1ccc(/C=N\NC(=O)C2CCN(C(=O)c3ccccc3C)CC2)cc1OC. The van der Waals surface area contributed by atoms with Gasteiger partial charge in [0.1, 0.15) is 0 Å². The van der Waals surface area contributed by atoms with Gasteiger partial charge in [-0.2, -0.15) is 5.10 Å². The second-order valence-electron chi connectivity index (χ2n) is 7.23. The highest BCUT2D eigenvalue weighted by Gasteiger charge is 2.28. The molecule has 2 aromatic rings. The molecule has 0 saturated carbocycles. The number of piperidine rings is 1. The fraction of sp³-hybridized carbons (Fsp3) is 0.348. The third-order valence-electron chi connectivity index (χ3n) is 5.32. The van der Waals surface area contributed by atoms with Crippen LogP contribution in [0.1, 0.15) is 34.3 Å². The molecule has 3 rings (SSSR count). The number of hydrogen-bond donors (Lipinski definition) is 1. The summed E-state index contributed by atoms with van der Waals surface area (Å²) < 4.78 is 10.5. The van der Waals surface area contributed by atoms with E-state index in [1.54, 1.807) is 32.6 Å². The van der Waals surface area contributed by atoms with Crippen molar-refractivity contribution < 1.29 is 19.1 Å². The second kappa shape index (κ2) is 9.91. The molecule has 2 amide bonds. The molecule has 0 bridgehead atoms. The van der Waals surface area contributed by atoms with E-state index in [1.807, 2.05) is 42.2 Å². The molecule has 2 aromatic carbocycles. The minimum absolute atomic E-state index is 0.0263. The summed E-state index contributed by atoms with van der Waals surface area (Å²) in [6.45, 7) is 3.05. The maximum atomic E-state index is 12.7. The first-order valence-corrected chi connectivity index (χ1v) is 9.93. The van der Waals surface area contributed by atoms with Crippen molar-refractivity contribution in [1.82, 2.24) is 10.3 Å². The third kappa shape index (κ3) is 4.97. The van der Waals surface area contributed by atoms with Gasteiger partial charge in [-0.25, -0.2) is 5.43 Å². The fourth-order valence-corrected chi connectivity index (χ4v) is 3.52. The summed E-state index contributed by atoms with van der Waals surface area (Å²) in [4.78, 5) is 27.0. The molecule has 1 N–H and O–H groups in total. The number of aryl methyl sites for hydroxylation is 1. The van der Waals surface area contributed by atoms with Crippen molar-refractivity contribution in [2.75, 3.05) is 27.3 Å². The largest absolute Gasteiger partial charge is 0.493 e. The Bertz CT molecular complexity index is 934. The lowest BCUT2D eigenvalue weighted by Gasteiger charge is -2.31. The zero-order valence-electron chi connectivity index (χ0n) is 17.6. The van der Waals surface area contributed by atoms with Crippen LogP contribution in [0.15, 0.2) is 47.6 Å². The van der Waals surface area contributed by atoms with Gasteiger partial charge in [0.25, 0.3) is 5.91 Å². The van der Waals surface area contributed by atoms with Crippen LogP contribution in [-0.2, 0) is 4.79 Å². The van der Waals surface area contributed by atoms with E-state index in [4.69, 9.17) is 9.47 Å². The average Bonchev–Trinajstić information content (AvgIpc) is 2.78. The van der Waals surface area contributed by atoms with Crippen LogP contribution in [0, 0.1) is 12.8 Å². The van der Waals surface area contributed by atoms with Crippen LogP contribution in [0.25, 0.3) is 0 Å². The lowest BCUT2D eigenvalue weighted by Crippen LogP contribution is -2.42. The van der Waals surface area contributed by atoms with Crippen LogP contribution in [0.5, 0.6) is 11.5 Å². The minimum atomic E-state index is -0.159. The number of nitrogens with zero attached hydrogens (tertiary/aromatic N) is 2. The molecule has 7 heteroatoms. The molecule has 1 fully saturated rings. The van der Waals surface area contributed by atoms with Crippen molar-refractivity contribution in [1.29, 1.82) is 0 Å². The van der Waals surface area contributed by atoms with Crippen LogP contribution in [0.4, 0.5) is 0 Å². The predicted octanol–water partition coefficient (Wildman–Crippen LogP) is 3.01. The molecular formula is C23H27N3O4. The maximum absolute atomic E-state index is 12.7. The zero-order chi connectivity index (χ0) is 21.5. The molecule has 1 heterocycles. The maximum Gasteiger partial charge on any atom is 0.254 e. The summed E-state index contributed by atoms with van der Waals surface area (Å²) in [5, 5.41) is 4.06. The summed E-state index contributed by atoms with van der Waals surface area (Å²) in [6, 6.07) is 13.0. The van der Waals surface area contributed by atoms with E-state index in [1.165, 1.54) is 0 Å². The van der Waals surface area contributed by atoms with E-state index in [0.29, 0.717) is 37.4 Å². The number of hydrogen-bond acceptors (Lipinski definition) is 5. The van der Waals surface area contributed by atoms with E-state index < -0.39 is 0 Å². The van der Waals surface area contributed by atoms with E-state index in [9.17, 15) is 9.59 Å². The number of carbonyl (C=O) groups excluding carboxylic acids is 2. The summed E-state index contributed by atoms with van der Waals surface area (Å²) in [6.07, 6.45) is 2.81. The van der Waals surface area contributed by atoms with Crippen molar-refractivity contribution >= 4 is 18.0 Å². The smallest absolute Gasteiger partial charge is 0.254 e. The number of hydrazone groups is 1. The highest BCUT2D eigenvalue weighted by atomic mass is 16.5. The molecule has 30 heavy (non-hydrogen) atoms. The predicted molar refractivity (Wildman–Crippen MR) is 115 cm³/mol. The number of likely N-dealkylation sites (tertiary alicyclic amines) is 1. The van der Waals surface area contributed by atoms with Gasteiger partial charge < -0.3 is 14.4 Å². The third-order valence-corrected chi connectivity index (χ3v) is 5.32. The Morgan fingerprint density at radius 2 is 1.77 bits per heavy atom. The number of benzene rings is 2. The van der Waals surface area contributed by atoms with Gasteiger partial charge in [-0.1, -0.05) is 18.2 Å². The van der Waals surface area contributed by atoms with Gasteiger partial charge in [0.2, 0.25) is 5.91 Å². The number of amides is 2. The molecule has 0 spiro atoms. The molecule has 0 aromatic heterocycles. The molecule has 158 valence electrons. The van der Waals surface area contributed by atoms with Gasteiger partial charge >= 0.3 is 0 Å². The van der Waals surface area contributed by atoms with Crippen LogP contribution in [0.2, 0.25) is 0 Å². The number of nitrogens with one attached hydrogen (secondary N) is 1. The number of rotatable bonds is 6. The average molecular weight is 409 g/mol. The normalized spacial score (nSPS) is 14.6. The first-order chi connectivity index (χ1) is 14.5. The molecule has 1 aliphatic rings. The van der Waals surface area contributed by atoms with Gasteiger partial charge in [0.15, 0.2) is 11.5 Å².